The number of fused-ring (bicyclic) bond motifs is 8. The second-order valence-electron chi connectivity index (χ2n) is 11.2. The van der Waals surface area contributed by atoms with Crippen LogP contribution in [0.1, 0.15) is 90.5 Å². The maximum absolute atomic E-state index is 13.8. The Balaban J connectivity index is 1.70. The second-order valence-corrected chi connectivity index (χ2v) is 11.2. The lowest BCUT2D eigenvalue weighted by molar-refractivity contribution is 0.0911. The molecule has 1 atom stereocenters. The van der Waals surface area contributed by atoms with Gasteiger partial charge in [-0.25, -0.2) is 0 Å². The molecule has 1 heterocycles. The van der Waals surface area contributed by atoms with Crippen molar-refractivity contribution in [2.45, 2.75) is 58.8 Å². The molecule has 2 heteroatoms. The standard InChI is InChI=1S/C32H31NO/c1-19(2)20-12-14-21(15-13-20)22-9-7-10-23-26-18-33-27-11-6-5-8-24(27)29(26)25-16-32(3,4)17-28(34)31(25)30(22)23/h5-8,10-15,18-19,22H,9,16-17H2,1-4H3. The van der Waals surface area contributed by atoms with Crippen LogP contribution in [0, 0.1) is 5.41 Å². The molecule has 4 aromatic rings. The molecule has 1 aromatic heterocycles. The number of Topliss-reactive ketones (excluding diaryl/α,β-unsaturated/α-hetero) is 1. The molecule has 6 rings (SSSR count). The van der Waals surface area contributed by atoms with E-state index < -0.39 is 0 Å². The van der Waals surface area contributed by atoms with Crippen molar-refractivity contribution in [1.29, 1.82) is 0 Å². The molecule has 1 unspecified atom stereocenters. The van der Waals surface area contributed by atoms with Gasteiger partial charge in [0.1, 0.15) is 0 Å². The van der Waals surface area contributed by atoms with Gasteiger partial charge in [-0.1, -0.05) is 82.3 Å². The molecule has 0 fully saturated rings. The lowest BCUT2D eigenvalue weighted by atomic mass is 9.67. The molecule has 0 amide bonds. The number of aromatic nitrogens is 1. The van der Waals surface area contributed by atoms with Crippen molar-refractivity contribution in [3.8, 4) is 0 Å². The van der Waals surface area contributed by atoms with E-state index in [1.165, 1.54) is 38.6 Å². The van der Waals surface area contributed by atoms with Crippen molar-refractivity contribution < 1.29 is 4.79 Å². The monoisotopic (exact) mass is 445 g/mol. The maximum atomic E-state index is 13.8. The van der Waals surface area contributed by atoms with Gasteiger partial charge in [0.25, 0.3) is 0 Å². The number of pyridine rings is 1. The SMILES string of the molecule is CC(C)c1ccc(C2CC=Cc3c2c2c(c4c3cnc3ccccc34)CC(C)(C)CC2=O)cc1. The molecule has 2 nitrogen and oxygen atoms in total. The van der Waals surface area contributed by atoms with Crippen LogP contribution in [-0.2, 0) is 6.42 Å². The summed E-state index contributed by atoms with van der Waals surface area (Å²) in [7, 11) is 0. The maximum Gasteiger partial charge on any atom is 0.164 e. The first-order chi connectivity index (χ1) is 16.3. The zero-order valence-electron chi connectivity index (χ0n) is 20.5. The highest BCUT2D eigenvalue weighted by molar-refractivity contribution is 6.16. The second kappa shape index (κ2) is 7.63. The molecule has 34 heavy (non-hydrogen) atoms. The van der Waals surface area contributed by atoms with Crippen molar-refractivity contribution in [1.82, 2.24) is 4.98 Å². The smallest absolute Gasteiger partial charge is 0.164 e. The van der Waals surface area contributed by atoms with Crippen molar-refractivity contribution in [2.24, 2.45) is 5.41 Å². The van der Waals surface area contributed by atoms with Crippen LogP contribution < -0.4 is 0 Å². The summed E-state index contributed by atoms with van der Waals surface area (Å²) in [6.07, 6.45) is 8.99. The highest BCUT2D eigenvalue weighted by atomic mass is 16.1. The molecule has 170 valence electrons. The fourth-order valence-electron chi connectivity index (χ4n) is 6.19. The predicted octanol–water partition coefficient (Wildman–Crippen LogP) is 8.22. The number of carbonyl (C=O) groups is 1. The molecule has 0 bridgehead atoms. The number of allylic oxidation sites excluding steroid dienone is 1. The largest absolute Gasteiger partial charge is 0.294 e. The molecule has 0 spiro atoms. The molecule has 0 radical (unpaired) electrons. The Labute approximate surface area is 201 Å². The van der Waals surface area contributed by atoms with Gasteiger partial charge >= 0.3 is 0 Å². The van der Waals surface area contributed by atoms with Gasteiger partial charge in [-0.15, -0.1) is 0 Å². The number of ketones is 1. The van der Waals surface area contributed by atoms with Gasteiger partial charge in [-0.2, -0.15) is 0 Å². The van der Waals surface area contributed by atoms with Crippen molar-refractivity contribution in [3.63, 3.8) is 0 Å². The third-order valence-electron chi connectivity index (χ3n) is 7.81. The molecular formula is C32H31NO. The molecule has 0 saturated carbocycles. The lowest BCUT2D eigenvalue weighted by Gasteiger charge is -2.36. The highest BCUT2D eigenvalue weighted by Crippen LogP contribution is 2.48. The summed E-state index contributed by atoms with van der Waals surface area (Å²) < 4.78 is 0. The Bertz CT molecular complexity index is 1490. The van der Waals surface area contributed by atoms with E-state index in [9.17, 15) is 4.79 Å². The first-order valence-electron chi connectivity index (χ1n) is 12.5. The minimum atomic E-state index is -0.0471. The van der Waals surface area contributed by atoms with Gasteiger partial charge in [0.2, 0.25) is 0 Å². The third kappa shape index (κ3) is 3.23. The topological polar surface area (TPSA) is 30.0 Å². The van der Waals surface area contributed by atoms with Crippen molar-refractivity contribution in [2.75, 3.05) is 0 Å². The van der Waals surface area contributed by atoms with E-state index in [0.29, 0.717) is 18.1 Å². The van der Waals surface area contributed by atoms with E-state index in [-0.39, 0.29) is 11.3 Å². The van der Waals surface area contributed by atoms with Crippen LogP contribution in [-0.4, -0.2) is 10.8 Å². The summed E-state index contributed by atoms with van der Waals surface area (Å²) in [5.41, 5.74) is 8.22. The summed E-state index contributed by atoms with van der Waals surface area (Å²) in [6.45, 7) is 8.91. The summed E-state index contributed by atoms with van der Waals surface area (Å²) in [6, 6.07) is 17.4. The first-order valence-corrected chi connectivity index (χ1v) is 12.5. The normalized spacial score (nSPS) is 19.0. The minimum Gasteiger partial charge on any atom is -0.294 e. The van der Waals surface area contributed by atoms with Crippen LogP contribution in [0.2, 0.25) is 0 Å². The number of nitrogens with zero attached hydrogens (tertiary/aromatic N) is 1. The molecular weight excluding hydrogens is 414 g/mol. The van der Waals surface area contributed by atoms with Gasteiger partial charge in [0, 0.05) is 34.9 Å². The average molecular weight is 446 g/mol. The fraction of sp³-hybridized carbons (Fsp3) is 0.312. The van der Waals surface area contributed by atoms with Crippen LogP contribution in [0.15, 0.2) is 60.8 Å². The summed E-state index contributed by atoms with van der Waals surface area (Å²) >= 11 is 0. The van der Waals surface area contributed by atoms with Crippen LogP contribution in [0.25, 0.3) is 27.8 Å². The Hall–Kier alpha value is -3.26. The van der Waals surface area contributed by atoms with E-state index in [1.54, 1.807) is 0 Å². The summed E-state index contributed by atoms with van der Waals surface area (Å²) in [5, 5.41) is 3.56. The number of rotatable bonds is 2. The minimum absolute atomic E-state index is 0.0471. The highest BCUT2D eigenvalue weighted by Gasteiger charge is 2.38. The Morgan fingerprint density at radius 3 is 2.50 bits per heavy atom. The van der Waals surface area contributed by atoms with E-state index in [2.05, 4.69) is 82.3 Å². The van der Waals surface area contributed by atoms with Crippen molar-refractivity contribution in [3.05, 3.63) is 94.2 Å². The lowest BCUT2D eigenvalue weighted by Crippen LogP contribution is -2.30. The molecule has 3 aromatic carbocycles. The molecule has 2 aliphatic rings. The number of hydrogen-bond donors (Lipinski definition) is 0. The van der Waals surface area contributed by atoms with Gasteiger partial charge in [-0.3, -0.25) is 9.78 Å². The Morgan fingerprint density at radius 1 is 0.971 bits per heavy atom. The number of para-hydroxylation sites is 1. The van der Waals surface area contributed by atoms with Gasteiger partial charge in [0.05, 0.1) is 5.52 Å². The number of benzene rings is 3. The summed E-state index contributed by atoms with van der Waals surface area (Å²) in [5.74, 6) is 0.993. The number of carbonyl (C=O) groups excluding carboxylic acids is 1. The molecule has 2 aliphatic carbocycles. The fourth-order valence-corrected chi connectivity index (χ4v) is 6.19. The molecule has 0 N–H and O–H groups in total. The Kier molecular flexibility index (Phi) is 4.78. The predicted molar refractivity (Wildman–Crippen MR) is 142 cm³/mol. The van der Waals surface area contributed by atoms with Gasteiger partial charge in [0.15, 0.2) is 5.78 Å². The van der Waals surface area contributed by atoms with E-state index in [1.807, 2.05) is 12.3 Å². The first kappa shape index (κ1) is 21.3. The van der Waals surface area contributed by atoms with Gasteiger partial charge in [-0.05, 0) is 63.4 Å². The van der Waals surface area contributed by atoms with Crippen molar-refractivity contribution >= 4 is 33.5 Å². The van der Waals surface area contributed by atoms with E-state index in [4.69, 9.17) is 4.98 Å². The van der Waals surface area contributed by atoms with Crippen LogP contribution in [0.5, 0.6) is 0 Å². The zero-order valence-corrected chi connectivity index (χ0v) is 20.5. The average Bonchev–Trinajstić information content (AvgIpc) is 2.82. The zero-order chi connectivity index (χ0) is 23.6. The number of hydrogen-bond acceptors (Lipinski definition) is 2. The van der Waals surface area contributed by atoms with Gasteiger partial charge < -0.3 is 0 Å². The van der Waals surface area contributed by atoms with E-state index in [0.717, 1.165) is 29.3 Å². The molecule has 0 aliphatic heterocycles. The van der Waals surface area contributed by atoms with Crippen LogP contribution in [0.4, 0.5) is 0 Å². The third-order valence-corrected chi connectivity index (χ3v) is 7.81. The van der Waals surface area contributed by atoms with Crippen LogP contribution >= 0.6 is 0 Å². The van der Waals surface area contributed by atoms with E-state index >= 15 is 0 Å². The molecule has 0 saturated heterocycles. The quantitative estimate of drug-likeness (QED) is 0.291. The Morgan fingerprint density at radius 2 is 1.74 bits per heavy atom. The van der Waals surface area contributed by atoms with Crippen LogP contribution in [0.3, 0.4) is 0 Å². The summed E-state index contributed by atoms with van der Waals surface area (Å²) in [4.78, 5) is 18.7.